The van der Waals surface area contributed by atoms with E-state index in [0.717, 1.165) is 97.4 Å². The lowest BCUT2D eigenvalue weighted by Crippen LogP contribution is -2.10. The van der Waals surface area contributed by atoms with E-state index in [-0.39, 0.29) is 0 Å². The number of carboxylic acid groups (broad SMARTS) is 2. The molecule has 0 saturated heterocycles. The molecule has 2 N–H and O–H groups in total. The van der Waals surface area contributed by atoms with Crippen LogP contribution in [-0.4, -0.2) is 35.4 Å². The number of benzene rings is 10. The molecule has 10 aromatic carbocycles. The Kier molecular flexibility index (Phi) is 12.3. The monoisotopic (exact) mass is 948 g/mol. The molecule has 0 spiro atoms. The van der Waals surface area contributed by atoms with Crippen LogP contribution >= 0.6 is 11.3 Å². The highest BCUT2D eigenvalue weighted by atomic mass is 32.1. The molecule has 0 atom stereocenters. The van der Waals surface area contributed by atoms with Gasteiger partial charge in [-0.2, -0.15) is 0 Å². The average Bonchev–Trinajstić information content (AvgIpc) is 3.91. The van der Waals surface area contributed by atoms with Gasteiger partial charge < -0.3 is 29.2 Å². The van der Waals surface area contributed by atoms with Crippen LogP contribution in [0.2, 0.25) is 0 Å². The summed E-state index contributed by atoms with van der Waals surface area (Å²) in [5, 5.41) is 26.9. The van der Waals surface area contributed by atoms with Crippen LogP contribution in [0.3, 0.4) is 0 Å². The van der Waals surface area contributed by atoms with Crippen molar-refractivity contribution in [2.24, 2.45) is 0 Å². The first-order valence-corrected chi connectivity index (χ1v) is 24.0. The van der Waals surface area contributed by atoms with Crippen molar-refractivity contribution in [1.29, 1.82) is 0 Å². The molecule has 0 bridgehead atoms. The van der Waals surface area contributed by atoms with Gasteiger partial charge in [-0.3, -0.25) is 0 Å². The van der Waals surface area contributed by atoms with Gasteiger partial charge in [-0.15, -0.1) is 11.3 Å². The zero-order valence-corrected chi connectivity index (χ0v) is 39.0. The Bertz CT molecular complexity index is 3540. The molecule has 8 nitrogen and oxygen atoms in total. The number of carbonyl (C=O) groups is 2. The molecule has 0 aliphatic heterocycles. The van der Waals surface area contributed by atoms with E-state index < -0.39 is 25.2 Å². The van der Waals surface area contributed by atoms with Gasteiger partial charge >= 0.3 is 11.9 Å². The molecule has 0 saturated carbocycles. The zero-order chi connectivity index (χ0) is 48.3. The number of aliphatic carboxylic acids is 2. The maximum Gasteiger partial charge on any atom is 0.341 e. The van der Waals surface area contributed by atoms with Crippen LogP contribution < -0.4 is 18.9 Å². The van der Waals surface area contributed by atoms with Crippen molar-refractivity contribution in [3.63, 3.8) is 0 Å². The lowest BCUT2D eigenvalue weighted by atomic mass is 9.92. The molecule has 0 aliphatic carbocycles. The van der Waals surface area contributed by atoms with Crippen LogP contribution in [0.4, 0.5) is 0 Å². The standard InChI is InChI=1S/C62H44O8S/c63-57(64)37-69-53-31-27-43-11-3-7-15-49(43)61(53)59-47-13-5-1-9-41(47)25-29-51(59)67-35-39-17-21-45(22-18-39)55-33-34-56(71-55)46-23-19-40(20-24-46)36-68-52-30-26-42-10-2-6-14-48(42)60(52)62-50-16-8-4-12-44(50)28-32-54(62)70-38-58(65)66/h1-34H,35-38H2,(H,63,64)(H,65,66). The van der Waals surface area contributed by atoms with Gasteiger partial charge in [0.25, 0.3) is 0 Å². The molecular formula is C62H44O8S. The highest BCUT2D eigenvalue weighted by Crippen LogP contribution is 2.48. The summed E-state index contributed by atoms with van der Waals surface area (Å²) in [5.74, 6) is 0.193. The number of carboxylic acids is 2. The number of thiophene rings is 1. The summed E-state index contributed by atoms with van der Waals surface area (Å²) in [6, 6.07) is 69.1. The summed E-state index contributed by atoms with van der Waals surface area (Å²) < 4.78 is 25.1. The minimum absolute atomic E-state index is 0.320. The molecule has 1 aromatic heterocycles. The van der Waals surface area contributed by atoms with Gasteiger partial charge in [-0.25, -0.2) is 9.59 Å². The van der Waals surface area contributed by atoms with Crippen molar-refractivity contribution in [3.8, 4) is 66.1 Å². The van der Waals surface area contributed by atoms with Gasteiger partial charge in [0.1, 0.15) is 36.2 Å². The van der Waals surface area contributed by atoms with Gasteiger partial charge in [0.15, 0.2) is 13.2 Å². The van der Waals surface area contributed by atoms with E-state index in [1.807, 2.05) is 121 Å². The van der Waals surface area contributed by atoms with E-state index >= 15 is 0 Å². The summed E-state index contributed by atoms with van der Waals surface area (Å²) in [4.78, 5) is 25.5. The Hall–Kier alpha value is -8.92. The lowest BCUT2D eigenvalue weighted by molar-refractivity contribution is -0.140. The second-order valence-electron chi connectivity index (χ2n) is 17.1. The van der Waals surface area contributed by atoms with Crippen molar-refractivity contribution >= 4 is 66.4 Å². The fourth-order valence-corrected chi connectivity index (χ4v) is 10.3. The molecule has 1 heterocycles. The molecule has 346 valence electrons. The Labute approximate surface area is 413 Å². The molecule has 0 radical (unpaired) electrons. The van der Waals surface area contributed by atoms with Crippen molar-refractivity contribution in [1.82, 2.24) is 0 Å². The maximum absolute atomic E-state index is 11.6. The predicted molar refractivity (Wildman–Crippen MR) is 284 cm³/mol. The minimum Gasteiger partial charge on any atom is -0.488 e. The molecular weight excluding hydrogens is 905 g/mol. The maximum atomic E-state index is 11.6. The van der Waals surface area contributed by atoms with Crippen molar-refractivity contribution in [3.05, 3.63) is 217 Å². The Balaban J connectivity index is 0.811. The van der Waals surface area contributed by atoms with Crippen molar-refractivity contribution < 1.29 is 38.7 Å². The molecule has 9 heteroatoms. The first kappa shape index (κ1) is 44.6. The minimum atomic E-state index is -1.05. The molecule has 0 unspecified atom stereocenters. The average molecular weight is 949 g/mol. The van der Waals surface area contributed by atoms with Crippen LogP contribution in [0, 0.1) is 0 Å². The smallest absolute Gasteiger partial charge is 0.341 e. The fourth-order valence-electron chi connectivity index (χ4n) is 9.30. The van der Waals surface area contributed by atoms with E-state index in [1.165, 1.54) is 0 Å². The van der Waals surface area contributed by atoms with Gasteiger partial charge in [-0.1, -0.05) is 170 Å². The third-order valence-electron chi connectivity index (χ3n) is 12.6. The Morgan fingerprint density at radius 2 is 0.634 bits per heavy atom. The van der Waals surface area contributed by atoms with Crippen molar-refractivity contribution in [2.45, 2.75) is 13.2 Å². The van der Waals surface area contributed by atoms with Gasteiger partial charge in [0.2, 0.25) is 0 Å². The van der Waals surface area contributed by atoms with Crippen LogP contribution in [0.5, 0.6) is 23.0 Å². The van der Waals surface area contributed by atoms with Crippen LogP contribution in [0.15, 0.2) is 206 Å². The van der Waals surface area contributed by atoms with Crippen LogP contribution in [0.25, 0.3) is 86.2 Å². The Morgan fingerprint density at radius 1 is 0.338 bits per heavy atom. The number of hydrogen-bond donors (Lipinski definition) is 2. The van der Waals surface area contributed by atoms with E-state index in [4.69, 9.17) is 18.9 Å². The van der Waals surface area contributed by atoms with E-state index in [9.17, 15) is 19.8 Å². The predicted octanol–water partition coefficient (Wildman–Crippen LogP) is 15.1. The van der Waals surface area contributed by atoms with Crippen molar-refractivity contribution in [2.75, 3.05) is 13.2 Å². The molecule has 0 amide bonds. The third-order valence-corrected chi connectivity index (χ3v) is 13.8. The second kappa shape index (κ2) is 19.6. The largest absolute Gasteiger partial charge is 0.488 e. The fraction of sp³-hybridized carbons (Fsp3) is 0.0645. The van der Waals surface area contributed by atoms with Gasteiger partial charge in [-0.05, 0) is 102 Å². The Morgan fingerprint density at radius 3 is 0.944 bits per heavy atom. The molecule has 0 aliphatic rings. The number of hydrogen-bond acceptors (Lipinski definition) is 7. The molecule has 11 aromatic rings. The van der Waals surface area contributed by atoms with Gasteiger partial charge in [0, 0.05) is 32.0 Å². The van der Waals surface area contributed by atoms with E-state index in [0.29, 0.717) is 36.2 Å². The van der Waals surface area contributed by atoms with E-state index in [2.05, 4.69) is 84.9 Å². The van der Waals surface area contributed by atoms with Crippen LogP contribution in [0.1, 0.15) is 11.1 Å². The topological polar surface area (TPSA) is 112 Å². The zero-order valence-electron chi connectivity index (χ0n) is 38.2. The van der Waals surface area contributed by atoms with Gasteiger partial charge in [0.05, 0.1) is 0 Å². The first-order chi connectivity index (χ1) is 34.8. The quantitative estimate of drug-likeness (QED) is 0.0985. The van der Waals surface area contributed by atoms with E-state index in [1.54, 1.807) is 11.3 Å². The third kappa shape index (κ3) is 9.22. The highest BCUT2D eigenvalue weighted by molar-refractivity contribution is 7.18. The summed E-state index contributed by atoms with van der Waals surface area (Å²) in [7, 11) is 0. The van der Waals surface area contributed by atoms with Crippen LogP contribution in [-0.2, 0) is 22.8 Å². The molecule has 11 rings (SSSR count). The number of rotatable bonds is 16. The second-order valence-corrected chi connectivity index (χ2v) is 18.2. The summed E-state index contributed by atoms with van der Waals surface area (Å²) in [5.41, 5.74) is 7.48. The first-order valence-electron chi connectivity index (χ1n) is 23.2. The molecule has 0 fully saturated rings. The number of ether oxygens (including phenoxy) is 4. The SMILES string of the molecule is O=C(O)COc1ccc2ccccc2c1-c1c(OCc2ccc(-c3ccc(-c4ccc(COc5ccc6ccccc6c5-c5c(OCC(=O)O)ccc6ccccc56)cc4)s3)cc2)ccc2ccccc12. The summed E-state index contributed by atoms with van der Waals surface area (Å²) in [6.07, 6.45) is 0. The summed E-state index contributed by atoms with van der Waals surface area (Å²) >= 11 is 1.73. The molecule has 71 heavy (non-hydrogen) atoms. The number of fused-ring (bicyclic) bond motifs is 4. The summed E-state index contributed by atoms with van der Waals surface area (Å²) in [6.45, 7) is -0.288. The highest BCUT2D eigenvalue weighted by Gasteiger charge is 2.22. The normalized spacial score (nSPS) is 11.3. The lowest BCUT2D eigenvalue weighted by Gasteiger charge is -2.19.